The van der Waals surface area contributed by atoms with Gasteiger partial charge in [-0.2, -0.15) is 0 Å². The summed E-state index contributed by atoms with van der Waals surface area (Å²) in [5.41, 5.74) is 2.90. The van der Waals surface area contributed by atoms with Crippen LogP contribution in [0.5, 0.6) is 5.75 Å². The zero-order chi connectivity index (χ0) is 20.4. The first-order chi connectivity index (χ1) is 14.1. The van der Waals surface area contributed by atoms with Gasteiger partial charge in [0.2, 0.25) is 0 Å². The van der Waals surface area contributed by atoms with Crippen molar-refractivity contribution >= 4 is 23.1 Å². The van der Waals surface area contributed by atoms with Crippen molar-refractivity contribution in [2.45, 2.75) is 12.6 Å². The molecule has 0 spiro atoms. The van der Waals surface area contributed by atoms with Crippen molar-refractivity contribution < 1.29 is 14.6 Å². The normalized spacial score (nSPS) is 16.4. The van der Waals surface area contributed by atoms with Gasteiger partial charge < -0.3 is 14.7 Å². The lowest BCUT2D eigenvalue weighted by Crippen LogP contribution is -2.30. The van der Waals surface area contributed by atoms with E-state index in [4.69, 9.17) is 16.3 Å². The van der Waals surface area contributed by atoms with Crippen LogP contribution in [0.3, 0.4) is 0 Å². The zero-order valence-corrected chi connectivity index (χ0v) is 16.5. The number of benzene rings is 2. The number of rotatable bonds is 5. The lowest BCUT2D eigenvalue weighted by Gasteiger charge is -2.27. The topological polar surface area (TPSA) is 62.7 Å². The van der Waals surface area contributed by atoms with Gasteiger partial charge in [0, 0.05) is 16.8 Å². The third-order valence-electron chi connectivity index (χ3n) is 4.95. The lowest BCUT2D eigenvalue weighted by atomic mass is 9.93. The van der Waals surface area contributed by atoms with Crippen LogP contribution < -0.4 is 4.74 Å². The van der Waals surface area contributed by atoms with Gasteiger partial charge >= 0.3 is 0 Å². The minimum Gasteiger partial charge on any atom is -0.503 e. The summed E-state index contributed by atoms with van der Waals surface area (Å²) in [4.78, 5) is 19.0. The molecule has 1 amide bonds. The summed E-state index contributed by atoms with van der Waals surface area (Å²) in [6.45, 7) is 0.274. The lowest BCUT2D eigenvalue weighted by molar-refractivity contribution is -0.130. The second-order valence-electron chi connectivity index (χ2n) is 6.70. The summed E-state index contributed by atoms with van der Waals surface area (Å²) >= 11 is 6.06. The number of hydrogen-bond donors (Lipinski definition) is 1. The van der Waals surface area contributed by atoms with Crippen molar-refractivity contribution in [1.82, 2.24) is 9.88 Å². The third-order valence-corrected chi connectivity index (χ3v) is 5.20. The highest BCUT2D eigenvalue weighted by Crippen LogP contribution is 2.44. The first-order valence-corrected chi connectivity index (χ1v) is 9.50. The molecule has 0 saturated carbocycles. The van der Waals surface area contributed by atoms with Crippen LogP contribution in [0.15, 0.2) is 78.7 Å². The molecule has 0 aliphatic carbocycles. The van der Waals surface area contributed by atoms with E-state index in [1.807, 2.05) is 42.5 Å². The van der Waals surface area contributed by atoms with E-state index in [-0.39, 0.29) is 12.3 Å². The number of carbonyl (C=O) groups is 1. The number of methoxy groups -OCH3 is 1. The molecule has 4 rings (SSSR count). The van der Waals surface area contributed by atoms with Crippen LogP contribution in [0.2, 0.25) is 5.02 Å². The van der Waals surface area contributed by atoms with Crippen LogP contribution in [0, 0.1) is 0 Å². The van der Waals surface area contributed by atoms with Crippen LogP contribution in [-0.4, -0.2) is 28.0 Å². The number of pyridine rings is 1. The second kappa shape index (κ2) is 7.97. The van der Waals surface area contributed by atoms with Crippen LogP contribution in [-0.2, 0) is 11.3 Å². The molecular formula is C23H19ClN2O3. The Morgan fingerprint density at radius 1 is 1.07 bits per heavy atom. The Morgan fingerprint density at radius 2 is 1.79 bits per heavy atom. The van der Waals surface area contributed by atoms with E-state index in [0.717, 1.165) is 16.8 Å². The molecule has 146 valence electrons. The molecule has 29 heavy (non-hydrogen) atoms. The van der Waals surface area contributed by atoms with Gasteiger partial charge in [0.1, 0.15) is 5.75 Å². The molecule has 6 heteroatoms. The van der Waals surface area contributed by atoms with Crippen LogP contribution in [0.25, 0.3) is 5.57 Å². The summed E-state index contributed by atoms with van der Waals surface area (Å²) in [6.07, 6.45) is 1.69. The predicted octanol–water partition coefficient (Wildman–Crippen LogP) is 4.80. The molecule has 5 nitrogen and oxygen atoms in total. The minimum absolute atomic E-state index is 0.258. The maximum absolute atomic E-state index is 13.0. The van der Waals surface area contributed by atoms with Gasteiger partial charge in [0.15, 0.2) is 5.76 Å². The molecule has 0 bridgehead atoms. The molecule has 1 atom stereocenters. The number of halogens is 1. The van der Waals surface area contributed by atoms with Crippen LogP contribution >= 0.6 is 11.6 Å². The number of nitrogens with zero attached hydrogens (tertiary/aromatic N) is 2. The highest BCUT2D eigenvalue weighted by atomic mass is 35.5. The largest absolute Gasteiger partial charge is 0.503 e. The number of hydrogen-bond acceptors (Lipinski definition) is 4. The SMILES string of the molecule is COc1ccc(C2=C(O)C(=O)N(Cc3ccccn3)C2c2ccc(Cl)cc2)cc1. The molecule has 1 unspecified atom stereocenters. The number of ether oxygens (including phenoxy) is 1. The average molecular weight is 407 g/mol. The molecule has 1 N–H and O–H groups in total. The fourth-order valence-electron chi connectivity index (χ4n) is 3.54. The quantitative estimate of drug-likeness (QED) is 0.661. The van der Waals surface area contributed by atoms with E-state index >= 15 is 0 Å². The van der Waals surface area contributed by atoms with Crippen molar-refractivity contribution in [3.05, 3.63) is 101 Å². The summed E-state index contributed by atoms with van der Waals surface area (Å²) in [6, 6.07) is 19.7. The maximum Gasteiger partial charge on any atom is 0.290 e. The van der Waals surface area contributed by atoms with Gasteiger partial charge in [0.05, 0.1) is 25.4 Å². The molecule has 3 aromatic rings. The Morgan fingerprint density at radius 3 is 2.41 bits per heavy atom. The Labute approximate surface area is 173 Å². The van der Waals surface area contributed by atoms with Gasteiger partial charge in [-0.05, 0) is 47.5 Å². The monoisotopic (exact) mass is 406 g/mol. The minimum atomic E-state index is -0.463. The van der Waals surface area contributed by atoms with E-state index in [9.17, 15) is 9.90 Å². The molecule has 2 aromatic carbocycles. The Balaban J connectivity index is 1.80. The van der Waals surface area contributed by atoms with Gasteiger partial charge in [-0.1, -0.05) is 41.9 Å². The number of amides is 1. The summed E-state index contributed by atoms with van der Waals surface area (Å²) in [5.74, 6) is 0.0130. The number of carbonyl (C=O) groups excluding carboxylic acids is 1. The second-order valence-corrected chi connectivity index (χ2v) is 7.14. The highest BCUT2D eigenvalue weighted by molar-refractivity contribution is 6.30. The molecule has 1 aromatic heterocycles. The summed E-state index contributed by atoms with van der Waals surface area (Å²) in [5, 5.41) is 11.4. The molecule has 1 aliphatic heterocycles. The van der Waals surface area contributed by atoms with Crippen LogP contribution in [0.4, 0.5) is 0 Å². The van der Waals surface area contributed by atoms with E-state index in [1.54, 1.807) is 42.5 Å². The Kier molecular flexibility index (Phi) is 5.23. The number of aliphatic hydroxyl groups excluding tert-OH is 1. The highest BCUT2D eigenvalue weighted by Gasteiger charge is 2.41. The van der Waals surface area contributed by atoms with Gasteiger partial charge in [-0.3, -0.25) is 9.78 Å². The third kappa shape index (κ3) is 3.69. The van der Waals surface area contributed by atoms with E-state index in [1.165, 1.54) is 0 Å². The Bertz CT molecular complexity index is 1050. The van der Waals surface area contributed by atoms with Gasteiger partial charge in [-0.25, -0.2) is 0 Å². The fraction of sp³-hybridized carbons (Fsp3) is 0.130. The van der Waals surface area contributed by atoms with Crippen molar-refractivity contribution in [2.24, 2.45) is 0 Å². The van der Waals surface area contributed by atoms with Crippen molar-refractivity contribution in [1.29, 1.82) is 0 Å². The molecule has 1 aliphatic rings. The molecule has 0 radical (unpaired) electrons. The van der Waals surface area contributed by atoms with Crippen LogP contribution in [0.1, 0.15) is 22.9 Å². The number of aliphatic hydroxyl groups is 1. The first-order valence-electron chi connectivity index (χ1n) is 9.12. The maximum atomic E-state index is 13.0. The summed E-state index contributed by atoms with van der Waals surface area (Å²) in [7, 11) is 1.59. The smallest absolute Gasteiger partial charge is 0.290 e. The van der Waals surface area contributed by atoms with Crippen molar-refractivity contribution in [3.63, 3.8) is 0 Å². The predicted molar refractivity (Wildman–Crippen MR) is 112 cm³/mol. The molecule has 0 fully saturated rings. The zero-order valence-electron chi connectivity index (χ0n) is 15.7. The standard InChI is InChI=1S/C23H19ClN2O3/c1-29-19-11-7-15(8-12-19)20-21(16-5-9-17(24)10-6-16)26(23(28)22(20)27)14-18-4-2-3-13-25-18/h2-13,21,27H,14H2,1H3. The Hall–Kier alpha value is -3.31. The van der Waals surface area contributed by atoms with Gasteiger partial charge in [0.25, 0.3) is 5.91 Å². The molecule has 0 saturated heterocycles. The molecular weight excluding hydrogens is 388 g/mol. The van der Waals surface area contributed by atoms with Gasteiger partial charge in [-0.15, -0.1) is 0 Å². The summed E-state index contributed by atoms with van der Waals surface area (Å²) < 4.78 is 5.23. The van der Waals surface area contributed by atoms with E-state index in [2.05, 4.69) is 4.98 Å². The molecule has 2 heterocycles. The number of aromatic nitrogens is 1. The first kappa shape index (κ1) is 19.0. The van der Waals surface area contributed by atoms with Crippen molar-refractivity contribution in [2.75, 3.05) is 7.11 Å². The van der Waals surface area contributed by atoms with Crippen molar-refractivity contribution in [3.8, 4) is 5.75 Å². The van der Waals surface area contributed by atoms with E-state index < -0.39 is 11.9 Å². The van der Waals surface area contributed by atoms with E-state index in [0.29, 0.717) is 16.3 Å². The average Bonchev–Trinajstić information content (AvgIpc) is 3.00. The fourth-order valence-corrected chi connectivity index (χ4v) is 3.67.